The molecule has 2 atom stereocenters. The molecule has 0 bridgehead atoms. The van der Waals surface area contributed by atoms with Crippen LogP contribution < -0.4 is 0 Å². The van der Waals surface area contributed by atoms with Gasteiger partial charge < -0.3 is 0 Å². The minimum atomic E-state index is -0.0903. The maximum absolute atomic E-state index is 5.95. The lowest BCUT2D eigenvalue weighted by Gasteiger charge is -2.16. The number of rotatable bonds is 1. The molecule has 0 aliphatic carbocycles. The summed E-state index contributed by atoms with van der Waals surface area (Å²) in [6, 6.07) is 0. The van der Waals surface area contributed by atoms with Crippen molar-refractivity contribution in [3.05, 3.63) is 12.7 Å². The summed E-state index contributed by atoms with van der Waals surface area (Å²) in [5.74, 6) is 0. The lowest BCUT2D eigenvalue weighted by molar-refractivity contribution is 0.306. The van der Waals surface area contributed by atoms with Crippen LogP contribution in [0, 0.1) is 0 Å². The molecule has 3 heteroatoms. The highest BCUT2D eigenvalue weighted by Gasteiger charge is 2.26. The molecule has 2 unspecified atom stereocenters. The van der Waals surface area contributed by atoms with Crippen molar-refractivity contribution >= 4 is 17.3 Å². The van der Waals surface area contributed by atoms with Crippen molar-refractivity contribution in [3.63, 3.8) is 0 Å². The van der Waals surface area contributed by atoms with Crippen LogP contribution in [0.1, 0.15) is 6.92 Å². The average molecular weight is 159 g/mol. The molecule has 0 N–H and O–H groups in total. The van der Waals surface area contributed by atoms with Gasteiger partial charge in [0.15, 0.2) is 0 Å². The Morgan fingerprint density at radius 2 is 2.40 bits per heavy atom. The normalized spacial score (nSPS) is 34.1. The first-order chi connectivity index (χ1) is 4.66. The Labute approximate surface area is 66.2 Å². The van der Waals surface area contributed by atoms with Crippen molar-refractivity contribution in [1.29, 1.82) is 0 Å². The molecule has 10 heavy (non-hydrogen) atoms. The lowest BCUT2D eigenvalue weighted by atomic mass is 10.4. The summed E-state index contributed by atoms with van der Waals surface area (Å²) in [5.41, 5.74) is 0.782. The molecule has 0 saturated heterocycles. The van der Waals surface area contributed by atoms with Gasteiger partial charge in [-0.1, -0.05) is 18.2 Å². The van der Waals surface area contributed by atoms with Gasteiger partial charge in [-0.2, -0.15) is 0 Å². The Kier molecular flexibility index (Phi) is 2.11. The Balaban J connectivity index is 2.77. The first-order valence-electron chi connectivity index (χ1n) is 3.23. The third kappa shape index (κ3) is 1.09. The maximum atomic E-state index is 5.95. The van der Waals surface area contributed by atoms with Gasteiger partial charge in [-0.15, -0.1) is 0 Å². The highest BCUT2D eigenvalue weighted by molar-refractivity contribution is 6.34. The van der Waals surface area contributed by atoms with Gasteiger partial charge in [0.1, 0.15) is 11.7 Å². The minimum Gasteiger partial charge on any atom is -0.268 e. The van der Waals surface area contributed by atoms with E-state index in [2.05, 4.69) is 11.6 Å². The second-order valence-corrected chi connectivity index (χ2v) is 2.80. The monoisotopic (exact) mass is 158 g/mol. The van der Waals surface area contributed by atoms with Gasteiger partial charge in [0.05, 0.1) is 5.71 Å². The van der Waals surface area contributed by atoms with Gasteiger partial charge in [0, 0.05) is 0 Å². The van der Waals surface area contributed by atoms with Crippen LogP contribution in [0.25, 0.3) is 0 Å². The molecule has 2 nitrogen and oxygen atoms in total. The van der Waals surface area contributed by atoms with E-state index in [1.807, 2.05) is 18.9 Å². The van der Waals surface area contributed by atoms with Gasteiger partial charge in [-0.05, 0) is 20.0 Å². The summed E-state index contributed by atoms with van der Waals surface area (Å²) in [4.78, 5) is 6.25. The van der Waals surface area contributed by atoms with Gasteiger partial charge >= 0.3 is 0 Å². The molecular weight excluding hydrogens is 148 g/mol. The largest absolute Gasteiger partial charge is 0.268 e. The minimum absolute atomic E-state index is 0.0903. The molecule has 0 amide bonds. The molecule has 0 aromatic heterocycles. The van der Waals surface area contributed by atoms with Crippen LogP contribution in [0.5, 0.6) is 0 Å². The maximum Gasteiger partial charge on any atom is 0.129 e. The number of aliphatic imine (C=N–C) groups is 1. The number of hydrogen-bond acceptors (Lipinski definition) is 2. The zero-order valence-corrected chi connectivity index (χ0v) is 6.97. The van der Waals surface area contributed by atoms with Crippen LogP contribution in [0.3, 0.4) is 0 Å². The van der Waals surface area contributed by atoms with Crippen LogP contribution in [0.4, 0.5) is 0 Å². The van der Waals surface area contributed by atoms with Crippen LogP contribution >= 0.6 is 11.6 Å². The van der Waals surface area contributed by atoms with E-state index >= 15 is 0 Å². The molecule has 1 heterocycles. The third-order valence-electron chi connectivity index (χ3n) is 1.74. The van der Waals surface area contributed by atoms with Crippen LogP contribution in [0.2, 0.25) is 0 Å². The van der Waals surface area contributed by atoms with E-state index < -0.39 is 0 Å². The zero-order chi connectivity index (χ0) is 7.72. The van der Waals surface area contributed by atoms with E-state index in [0.29, 0.717) is 0 Å². The molecule has 0 spiro atoms. The Bertz CT molecular complexity index is 176. The average Bonchev–Trinajstić information content (AvgIpc) is 2.17. The molecule has 1 aliphatic rings. The molecule has 0 saturated carbocycles. The van der Waals surface area contributed by atoms with E-state index in [-0.39, 0.29) is 11.7 Å². The van der Waals surface area contributed by atoms with Gasteiger partial charge in [0.2, 0.25) is 0 Å². The van der Waals surface area contributed by atoms with E-state index in [4.69, 9.17) is 11.6 Å². The molecular formula is C7H11ClN2. The second kappa shape index (κ2) is 2.72. The standard InChI is InChI=1S/C7H11ClN2/c1-4-6-7(8)10(3)5(2)9-6/h4-5,7H,1H2,2-3H3. The first kappa shape index (κ1) is 7.76. The highest BCUT2D eigenvalue weighted by atomic mass is 35.5. The van der Waals surface area contributed by atoms with Gasteiger partial charge in [0.25, 0.3) is 0 Å². The predicted octanol–water partition coefficient (Wildman–Crippen LogP) is 1.47. The summed E-state index contributed by atoms with van der Waals surface area (Å²) >= 11 is 5.95. The van der Waals surface area contributed by atoms with Crippen molar-refractivity contribution in [2.75, 3.05) is 7.05 Å². The van der Waals surface area contributed by atoms with E-state index in [9.17, 15) is 0 Å². The smallest absolute Gasteiger partial charge is 0.129 e. The molecule has 0 radical (unpaired) electrons. The predicted molar refractivity (Wildman–Crippen MR) is 44.5 cm³/mol. The summed E-state index contributed by atoms with van der Waals surface area (Å²) < 4.78 is 0. The Morgan fingerprint density at radius 3 is 2.60 bits per heavy atom. The molecule has 1 rings (SSSR count). The quantitative estimate of drug-likeness (QED) is 0.417. The van der Waals surface area contributed by atoms with Crippen molar-refractivity contribution in [1.82, 2.24) is 4.90 Å². The highest BCUT2D eigenvalue weighted by Crippen LogP contribution is 2.18. The summed E-state index contributed by atoms with van der Waals surface area (Å²) in [6.45, 7) is 5.63. The van der Waals surface area contributed by atoms with E-state index in [1.54, 1.807) is 6.08 Å². The number of hydrogen-bond donors (Lipinski definition) is 0. The third-order valence-corrected chi connectivity index (χ3v) is 2.27. The number of halogens is 1. The second-order valence-electron chi connectivity index (χ2n) is 2.39. The topological polar surface area (TPSA) is 15.6 Å². The fourth-order valence-electron chi connectivity index (χ4n) is 0.916. The van der Waals surface area contributed by atoms with Crippen molar-refractivity contribution in [2.24, 2.45) is 4.99 Å². The molecule has 1 aliphatic heterocycles. The van der Waals surface area contributed by atoms with Gasteiger partial charge in [-0.3, -0.25) is 9.89 Å². The van der Waals surface area contributed by atoms with Crippen molar-refractivity contribution in [2.45, 2.75) is 18.6 Å². The molecule has 0 aromatic carbocycles. The fraction of sp³-hybridized carbons (Fsp3) is 0.571. The summed E-state index contributed by atoms with van der Waals surface area (Å²) in [5, 5.41) is 0. The van der Waals surface area contributed by atoms with Crippen LogP contribution in [-0.2, 0) is 0 Å². The summed E-state index contributed by atoms with van der Waals surface area (Å²) in [6.07, 6.45) is 1.90. The Morgan fingerprint density at radius 1 is 1.80 bits per heavy atom. The van der Waals surface area contributed by atoms with Crippen molar-refractivity contribution < 1.29 is 0 Å². The lowest BCUT2D eigenvalue weighted by Crippen LogP contribution is -2.30. The molecule has 0 fully saturated rings. The van der Waals surface area contributed by atoms with Gasteiger partial charge in [-0.25, -0.2) is 0 Å². The van der Waals surface area contributed by atoms with E-state index in [1.165, 1.54) is 0 Å². The SMILES string of the molecule is C=CC1=NC(C)N(C)C1Cl. The zero-order valence-electron chi connectivity index (χ0n) is 6.21. The fourth-order valence-corrected chi connectivity index (χ4v) is 1.22. The van der Waals surface area contributed by atoms with Crippen LogP contribution in [-0.4, -0.2) is 29.3 Å². The first-order valence-corrected chi connectivity index (χ1v) is 3.66. The number of nitrogens with zero attached hydrogens (tertiary/aromatic N) is 2. The van der Waals surface area contributed by atoms with E-state index in [0.717, 1.165) is 5.71 Å². The molecule has 0 aromatic rings. The number of alkyl halides is 1. The Hall–Kier alpha value is -0.340. The molecule has 56 valence electrons. The van der Waals surface area contributed by atoms with Crippen LogP contribution in [0.15, 0.2) is 17.6 Å². The van der Waals surface area contributed by atoms with Crippen molar-refractivity contribution in [3.8, 4) is 0 Å². The summed E-state index contributed by atoms with van der Waals surface area (Å²) in [7, 11) is 1.95.